The summed E-state index contributed by atoms with van der Waals surface area (Å²) >= 11 is 0. The maximum Gasteiger partial charge on any atom is 0.0748 e. The Morgan fingerprint density at radius 3 is 1.20 bits per heavy atom. The molecule has 0 radical (unpaired) electrons. The van der Waals surface area contributed by atoms with Gasteiger partial charge in [-0.05, 0) is 6.92 Å². The van der Waals surface area contributed by atoms with Crippen LogP contribution in [0.2, 0.25) is 0 Å². The zero-order valence-electron chi connectivity index (χ0n) is 6.07. The number of aliphatic hydroxyl groups excluding tert-OH is 1. The standard InChI is InChI=1S/C6H6.C3H6O/c1-2-4-6-5-3-1;1-2-3-4/h1-6H;2-4H,1H3. The highest BCUT2D eigenvalue weighted by molar-refractivity contribution is 4.99. The van der Waals surface area contributed by atoms with Crippen molar-refractivity contribution in [2.75, 3.05) is 0 Å². The summed E-state index contributed by atoms with van der Waals surface area (Å²) in [5.74, 6) is 0. The van der Waals surface area contributed by atoms with Crippen LogP contribution >= 0.6 is 0 Å². The Morgan fingerprint density at radius 2 is 1.10 bits per heavy atom. The van der Waals surface area contributed by atoms with E-state index in [9.17, 15) is 0 Å². The van der Waals surface area contributed by atoms with Crippen molar-refractivity contribution in [2.45, 2.75) is 6.92 Å². The summed E-state index contributed by atoms with van der Waals surface area (Å²) in [4.78, 5) is 0. The second kappa shape index (κ2) is 7.76. The van der Waals surface area contributed by atoms with Crippen molar-refractivity contribution in [1.29, 1.82) is 0 Å². The Hall–Kier alpha value is -1.24. The first-order valence-electron chi connectivity index (χ1n) is 3.17. The maximum absolute atomic E-state index is 7.69. The fourth-order valence-electron chi connectivity index (χ4n) is 0.385. The van der Waals surface area contributed by atoms with Gasteiger partial charge < -0.3 is 5.11 Å². The molecule has 0 heterocycles. The topological polar surface area (TPSA) is 20.2 Å². The van der Waals surface area contributed by atoms with Crippen LogP contribution in [0.3, 0.4) is 0 Å². The van der Waals surface area contributed by atoms with Crippen LogP contribution in [-0.4, -0.2) is 5.11 Å². The quantitative estimate of drug-likeness (QED) is 0.544. The normalized spacial score (nSPS) is 8.50. The van der Waals surface area contributed by atoms with Crippen LogP contribution in [0.1, 0.15) is 6.92 Å². The van der Waals surface area contributed by atoms with Crippen LogP contribution in [-0.2, 0) is 0 Å². The summed E-state index contributed by atoms with van der Waals surface area (Å²) in [5.41, 5.74) is 0. The molecule has 0 amide bonds. The second-order valence-corrected chi connectivity index (χ2v) is 1.64. The molecule has 10 heavy (non-hydrogen) atoms. The summed E-state index contributed by atoms with van der Waals surface area (Å²) in [6.45, 7) is 1.75. The zero-order valence-corrected chi connectivity index (χ0v) is 6.07. The molecule has 0 bridgehead atoms. The van der Waals surface area contributed by atoms with E-state index in [4.69, 9.17) is 5.11 Å². The summed E-state index contributed by atoms with van der Waals surface area (Å²) in [7, 11) is 0. The molecule has 0 spiro atoms. The molecule has 0 fully saturated rings. The third-order valence-electron chi connectivity index (χ3n) is 0.816. The molecule has 1 aromatic rings. The maximum atomic E-state index is 7.69. The summed E-state index contributed by atoms with van der Waals surface area (Å²) in [6.07, 6.45) is 2.56. The van der Waals surface area contributed by atoms with Crippen molar-refractivity contribution in [1.82, 2.24) is 0 Å². The van der Waals surface area contributed by atoms with E-state index in [1.54, 1.807) is 13.0 Å². The van der Waals surface area contributed by atoms with Gasteiger partial charge in [0.15, 0.2) is 0 Å². The predicted molar refractivity (Wildman–Crippen MR) is 43.9 cm³/mol. The fourth-order valence-corrected chi connectivity index (χ4v) is 0.385. The van der Waals surface area contributed by atoms with Crippen LogP contribution in [0.15, 0.2) is 48.7 Å². The number of aliphatic hydroxyl groups is 1. The van der Waals surface area contributed by atoms with Crippen molar-refractivity contribution in [3.05, 3.63) is 48.7 Å². The highest BCUT2D eigenvalue weighted by Gasteiger charge is 1.57. The molecule has 0 unspecified atom stereocenters. The van der Waals surface area contributed by atoms with Crippen molar-refractivity contribution in [3.63, 3.8) is 0 Å². The second-order valence-electron chi connectivity index (χ2n) is 1.64. The molecule has 0 aromatic heterocycles. The highest BCUT2D eigenvalue weighted by atomic mass is 16.2. The Morgan fingerprint density at radius 1 is 0.900 bits per heavy atom. The third-order valence-corrected chi connectivity index (χ3v) is 0.816. The zero-order chi connectivity index (χ0) is 7.66. The van der Waals surface area contributed by atoms with Crippen molar-refractivity contribution in [3.8, 4) is 0 Å². The lowest BCUT2D eigenvalue weighted by atomic mass is 10.4. The van der Waals surface area contributed by atoms with Gasteiger partial charge in [-0.3, -0.25) is 0 Å². The first-order valence-corrected chi connectivity index (χ1v) is 3.17. The minimum absolute atomic E-state index is 1.00. The largest absolute Gasteiger partial charge is 0.516 e. The van der Waals surface area contributed by atoms with E-state index in [0.717, 1.165) is 6.26 Å². The van der Waals surface area contributed by atoms with Crippen molar-refractivity contribution < 1.29 is 5.11 Å². The first kappa shape index (κ1) is 8.76. The lowest BCUT2D eigenvalue weighted by molar-refractivity contribution is 0.472. The van der Waals surface area contributed by atoms with Gasteiger partial charge in [0.2, 0.25) is 0 Å². The van der Waals surface area contributed by atoms with Crippen LogP contribution in [0, 0.1) is 0 Å². The van der Waals surface area contributed by atoms with E-state index in [2.05, 4.69) is 0 Å². The van der Waals surface area contributed by atoms with E-state index in [1.807, 2.05) is 36.4 Å². The molecule has 0 saturated carbocycles. The Balaban J connectivity index is 0.000000180. The number of hydrogen-bond donors (Lipinski definition) is 1. The summed E-state index contributed by atoms with van der Waals surface area (Å²) < 4.78 is 0. The summed E-state index contributed by atoms with van der Waals surface area (Å²) in [5, 5.41) is 7.69. The number of rotatable bonds is 0. The molecule has 1 N–H and O–H groups in total. The number of allylic oxidation sites excluding steroid dienone is 1. The van der Waals surface area contributed by atoms with Gasteiger partial charge >= 0.3 is 0 Å². The van der Waals surface area contributed by atoms with Gasteiger partial charge in [-0.15, -0.1) is 0 Å². The van der Waals surface area contributed by atoms with E-state index in [-0.39, 0.29) is 0 Å². The van der Waals surface area contributed by atoms with Gasteiger partial charge in [-0.2, -0.15) is 0 Å². The monoisotopic (exact) mass is 136 g/mol. The average molecular weight is 136 g/mol. The van der Waals surface area contributed by atoms with Gasteiger partial charge in [0.1, 0.15) is 0 Å². The Kier molecular flexibility index (Phi) is 6.80. The molecule has 1 heteroatoms. The lowest BCUT2D eigenvalue weighted by Gasteiger charge is -1.69. The minimum Gasteiger partial charge on any atom is -0.516 e. The van der Waals surface area contributed by atoms with Crippen LogP contribution < -0.4 is 0 Å². The predicted octanol–water partition coefficient (Wildman–Crippen LogP) is 2.76. The van der Waals surface area contributed by atoms with E-state index < -0.39 is 0 Å². The molecule has 1 nitrogen and oxygen atoms in total. The summed E-state index contributed by atoms with van der Waals surface area (Å²) in [6, 6.07) is 12.0. The first-order chi connectivity index (χ1) is 4.91. The van der Waals surface area contributed by atoms with Crippen LogP contribution in [0.4, 0.5) is 0 Å². The highest BCUT2D eigenvalue weighted by Crippen LogP contribution is 1.79. The number of benzene rings is 1. The molecule has 0 aliphatic rings. The molecular weight excluding hydrogens is 124 g/mol. The van der Waals surface area contributed by atoms with Crippen LogP contribution in [0.5, 0.6) is 0 Å². The molecule has 1 aromatic carbocycles. The molecule has 0 aliphatic heterocycles. The Bertz CT molecular complexity index is 125. The average Bonchev–Trinajstić information content (AvgIpc) is 2.08. The molecule has 0 saturated heterocycles. The number of hydrogen-bond acceptors (Lipinski definition) is 1. The fraction of sp³-hybridized carbons (Fsp3) is 0.111. The van der Waals surface area contributed by atoms with Crippen LogP contribution in [0.25, 0.3) is 0 Å². The SMILES string of the molecule is CC=CO.c1ccccc1. The van der Waals surface area contributed by atoms with E-state index in [0.29, 0.717) is 0 Å². The van der Waals surface area contributed by atoms with E-state index >= 15 is 0 Å². The smallest absolute Gasteiger partial charge is 0.0748 e. The van der Waals surface area contributed by atoms with Gasteiger partial charge in [-0.25, -0.2) is 0 Å². The van der Waals surface area contributed by atoms with E-state index in [1.165, 1.54) is 0 Å². The molecule has 0 atom stereocenters. The van der Waals surface area contributed by atoms with Gasteiger partial charge in [0.05, 0.1) is 6.26 Å². The lowest BCUT2D eigenvalue weighted by Crippen LogP contribution is -1.47. The molecular formula is C9H12O. The van der Waals surface area contributed by atoms with Crippen molar-refractivity contribution in [2.24, 2.45) is 0 Å². The van der Waals surface area contributed by atoms with Crippen molar-refractivity contribution >= 4 is 0 Å². The molecule has 54 valence electrons. The van der Waals surface area contributed by atoms with Gasteiger partial charge in [0.25, 0.3) is 0 Å². The molecule has 0 aliphatic carbocycles. The van der Waals surface area contributed by atoms with Gasteiger partial charge in [0, 0.05) is 0 Å². The third kappa shape index (κ3) is 6.76. The Labute approximate surface area is 61.6 Å². The minimum atomic E-state index is 1.00. The van der Waals surface area contributed by atoms with Gasteiger partial charge in [-0.1, -0.05) is 42.5 Å². The molecule has 1 rings (SSSR count).